The lowest BCUT2D eigenvalue weighted by molar-refractivity contribution is -0.142. The molecule has 0 unspecified atom stereocenters. The van der Waals surface area contributed by atoms with Crippen LogP contribution in [0.2, 0.25) is 0 Å². The Balaban J connectivity index is 1.89. The van der Waals surface area contributed by atoms with Gasteiger partial charge in [0.05, 0.1) is 7.11 Å². The van der Waals surface area contributed by atoms with Crippen molar-refractivity contribution in [3.63, 3.8) is 0 Å². The molecule has 3 rings (SSSR count). The lowest BCUT2D eigenvalue weighted by Gasteiger charge is -2.31. The van der Waals surface area contributed by atoms with E-state index in [1.807, 2.05) is 43.3 Å². The SMILES string of the molecule is CCCNC(=O)[C@H](Cc1ccccc1)N(Cc1ccc(F)cc1)C(=O)COc1ccccc1OC. The number of nitrogens with zero attached hydrogens (tertiary/aromatic N) is 1. The first kappa shape index (κ1) is 25.7. The molecular formula is C28H31FN2O4. The molecule has 0 aliphatic rings. The Morgan fingerprint density at radius 3 is 2.23 bits per heavy atom. The molecule has 184 valence electrons. The molecule has 1 atom stereocenters. The number of nitrogens with one attached hydrogen (secondary N) is 1. The van der Waals surface area contributed by atoms with Gasteiger partial charge in [-0.15, -0.1) is 0 Å². The number of carbonyl (C=O) groups excluding carboxylic acids is 2. The molecule has 0 fully saturated rings. The summed E-state index contributed by atoms with van der Waals surface area (Å²) in [5.74, 6) is -0.0454. The minimum atomic E-state index is -0.775. The van der Waals surface area contributed by atoms with Gasteiger partial charge in [-0.25, -0.2) is 4.39 Å². The summed E-state index contributed by atoms with van der Waals surface area (Å²) in [6, 6.07) is 21.7. The van der Waals surface area contributed by atoms with Crippen LogP contribution in [0.25, 0.3) is 0 Å². The topological polar surface area (TPSA) is 67.9 Å². The van der Waals surface area contributed by atoms with E-state index in [2.05, 4.69) is 5.32 Å². The quantitative estimate of drug-likeness (QED) is 0.420. The maximum atomic E-state index is 13.5. The minimum Gasteiger partial charge on any atom is -0.493 e. The van der Waals surface area contributed by atoms with Gasteiger partial charge in [-0.3, -0.25) is 9.59 Å². The molecule has 0 bridgehead atoms. The van der Waals surface area contributed by atoms with Crippen molar-refractivity contribution in [2.24, 2.45) is 0 Å². The first-order valence-electron chi connectivity index (χ1n) is 11.6. The largest absolute Gasteiger partial charge is 0.493 e. The van der Waals surface area contributed by atoms with Crippen LogP contribution in [0.1, 0.15) is 24.5 Å². The van der Waals surface area contributed by atoms with Gasteiger partial charge in [-0.05, 0) is 41.8 Å². The zero-order valence-corrected chi connectivity index (χ0v) is 20.1. The lowest BCUT2D eigenvalue weighted by Crippen LogP contribution is -2.51. The number of hydrogen-bond donors (Lipinski definition) is 1. The number of benzene rings is 3. The van der Waals surface area contributed by atoms with Crippen LogP contribution in [0.5, 0.6) is 11.5 Å². The zero-order chi connectivity index (χ0) is 25.0. The van der Waals surface area contributed by atoms with E-state index in [9.17, 15) is 14.0 Å². The van der Waals surface area contributed by atoms with Gasteiger partial charge in [0.25, 0.3) is 5.91 Å². The Morgan fingerprint density at radius 1 is 0.914 bits per heavy atom. The predicted molar refractivity (Wildman–Crippen MR) is 133 cm³/mol. The molecule has 0 spiro atoms. The monoisotopic (exact) mass is 478 g/mol. The van der Waals surface area contributed by atoms with Crippen molar-refractivity contribution in [2.45, 2.75) is 32.4 Å². The number of hydrogen-bond acceptors (Lipinski definition) is 4. The first-order valence-corrected chi connectivity index (χ1v) is 11.6. The number of carbonyl (C=O) groups is 2. The van der Waals surface area contributed by atoms with E-state index in [0.29, 0.717) is 30.0 Å². The summed E-state index contributed by atoms with van der Waals surface area (Å²) < 4.78 is 24.6. The van der Waals surface area contributed by atoms with Crippen LogP contribution >= 0.6 is 0 Å². The molecule has 0 aromatic heterocycles. The molecule has 0 saturated heterocycles. The zero-order valence-electron chi connectivity index (χ0n) is 20.1. The van der Waals surface area contributed by atoms with Crippen molar-refractivity contribution in [3.8, 4) is 11.5 Å². The number of halogens is 1. The fourth-order valence-corrected chi connectivity index (χ4v) is 3.67. The third-order valence-electron chi connectivity index (χ3n) is 5.51. The first-order chi connectivity index (χ1) is 17.0. The standard InChI is InChI=1S/C28H31FN2O4/c1-3-17-30-28(33)24(18-21-9-5-4-6-10-21)31(19-22-13-15-23(29)16-14-22)27(32)20-35-26-12-8-7-11-25(26)34-2/h4-16,24H,3,17-20H2,1-2H3,(H,30,33)/t24-/m0/s1. The van der Waals surface area contributed by atoms with Crippen LogP contribution in [-0.4, -0.2) is 43.0 Å². The van der Waals surface area contributed by atoms with Crippen molar-refractivity contribution in [2.75, 3.05) is 20.3 Å². The Bertz CT molecular complexity index is 1090. The van der Waals surface area contributed by atoms with Crippen LogP contribution in [0, 0.1) is 5.82 Å². The van der Waals surface area contributed by atoms with E-state index in [-0.39, 0.29) is 30.8 Å². The molecule has 0 radical (unpaired) electrons. The average Bonchev–Trinajstić information content (AvgIpc) is 2.89. The molecule has 0 aliphatic heterocycles. The molecule has 35 heavy (non-hydrogen) atoms. The molecule has 0 aliphatic carbocycles. The molecule has 7 heteroatoms. The molecule has 3 aromatic carbocycles. The highest BCUT2D eigenvalue weighted by Gasteiger charge is 2.30. The number of amides is 2. The number of methoxy groups -OCH3 is 1. The third kappa shape index (κ3) is 7.57. The fraction of sp³-hybridized carbons (Fsp3) is 0.286. The Labute approximate surface area is 205 Å². The van der Waals surface area contributed by atoms with Gasteiger partial charge in [-0.1, -0.05) is 61.5 Å². The normalized spacial score (nSPS) is 11.4. The van der Waals surface area contributed by atoms with Gasteiger partial charge >= 0.3 is 0 Å². The van der Waals surface area contributed by atoms with Crippen molar-refractivity contribution in [1.29, 1.82) is 0 Å². The minimum absolute atomic E-state index is 0.130. The summed E-state index contributed by atoms with van der Waals surface area (Å²) >= 11 is 0. The Hall–Kier alpha value is -3.87. The maximum absolute atomic E-state index is 13.5. The highest BCUT2D eigenvalue weighted by atomic mass is 19.1. The second-order valence-electron chi connectivity index (χ2n) is 8.08. The van der Waals surface area contributed by atoms with Crippen molar-refractivity contribution in [3.05, 3.63) is 95.8 Å². The summed E-state index contributed by atoms with van der Waals surface area (Å²) in [5, 5.41) is 2.92. The number of para-hydroxylation sites is 2. The van der Waals surface area contributed by atoms with Crippen LogP contribution in [0.15, 0.2) is 78.9 Å². The summed E-state index contributed by atoms with van der Waals surface area (Å²) in [6.07, 6.45) is 1.10. The van der Waals surface area contributed by atoms with Gasteiger partial charge in [0, 0.05) is 19.5 Å². The molecule has 2 amide bonds. The van der Waals surface area contributed by atoms with E-state index in [4.69, 9.17) is 9.47 Å². The van der Waals surface area contributed by atoms with Crippen molar-refractivity contribution in [1.82, 2.24) is 10.2 Å². The van der Waals surface area contributed by atoms with E-state index in [1.54, 1.807) is 30.3 Å². The average molecular weight is 479 g/mol. The second kappa shape index (κ2) is 13.1. The number of ether oxygens (including phenoxy) is 2. The fourth-order valence-electron chi connectivity index (χ4n) is 3.67. The molecule has 0 heterocycles. The Morgan fingerprint density at radius 2 is 1.57 bits per heavy atom. The van der Waals surface area contributed by atoms with E-state index in [0.717, 1.165) is 12.0 Å². The molecule has 0 saturated carbocycles. The van der Waals surface area contributed by atoms with Crippen LogP contribution in [0.3, 0.4) is 0 Å². The van der Waals surface area contributed by atoms with E-state index >= 15 is 0 Å². The van der Waals surface area contributed by atoms with Crippen LogP contribution < -0.4 is 14.8 Å². The van der Waals surface area contributed by atoms with E-state index in [1.165, 1.54) is 24.1 Å². The molecule has 3 aromatic rings. The Kier molecular flexibility index (Phi) is 9.66. The molecule has 1 N–H and O–H groups in total. The van der Waals surface area contributed by atoms with Crippen LogP contribution in [-0.2, 0) is 22.6 Å². The molecule has 6 nitrogen and oxygen atoms in total. The predicted octanol–water partition coefficient (Wildman–Crippen LogP) is 4.38. The van der Waals surface area contributed by atoms with Crippen molar-refractivity contribution < 1.29 is 23.5 Å². The van der Waals surface area contributed by atoms with Gasteiger partial charge in [-0.2, -0.15) is 0 Å². The van der Waals surface area contributed by atoms with Crippen molar-refractivity contribution >= 4 is 11.8 Å². The smallest absolute Gasteiger partial charge is 0.261 e. The van der Waals surface area contributed by atoms with E-state index < -0.39 is 6.04 Å². The van der Waals surface area contributed by atoms with Gasteiger partial charge in [0.15, 0.2) is 18.1 Å². The van der Waals surface area contributed by atoms with Crippen LogP contribution in [0.4, 0.5) is 4.39 Å². The summed E-state index contributed by atoms with van der Waals surface area (Å²) in [5.41, 5.74) is 1.63. The maximum Gasteiger partial charge on any atom is 0.261 e. The summed E-state index contributed by atoms with van der Waals surface area (Å²) in [6.45, 7) is 2.31. The van der Waals surface area contributed by atoms with Gasteiger partial charge in [0.2, 0.25) is 5.91 Å². The second-order valence-corrected chi connectivity index (χ2v) is 8.08. The third-order valence-corrected chi connectivity index (χ3v) is 5.51. The molecular weight excluding hydrogens is 447 g/mol. The van der Waals surface area contributed by atoms with Gasteiger partial charge < -0.3 is 19.7 Å². The summed E-state index contributed by atoms with van der Waals surface area (Å²) in [4.78, 5) is 28.2. The number of rotatable bonds is 12. The highest BCUT2D eigenvalue weighted by molar-refractivity contribution is 5.88. The summed E-state index contributed by atoms with van der Waals surface area (Å²) in [7, 11) is 1.53. The highest BCUT2D eigenvalue weighted by Crippen LogP contribution is 2.26. The lowest BCUT2D eigenvalue weighted by atomic mass is 10.0. The van der Waals surface area contributed by atoms with Gasteiger partial charge in [0.1, 0.15) is 11.9 Å².